The van der Waals surface area contributed by atoms with Crippen LogP contribution in [0.3, 0.4) is 0 Å². The van der Waals surface area contributed by atoms with Gasteiger partial charge in [-0.1, -0.05) is 29.8 Å². The second-order valence-electron chi connectivity index (χ2n) is 7.93. The summed E-state index contributed by atoms with van der Waals surface area (Å²) >= 11 is 0. The lowest BCUT2D eigenvalue weighted by Gasteiger charge is -2.35. The van der Waals surface area contributed by atoms with Gasteiger partial charge in [-0.3, -0.25) is 9.69 Å². The van der Waals surface area contributed by atoms with Crippen molar-refractivity contribution in [1.82, 2.24) is 10.2 Å². The maximum Gasteiger partial charge on any atom is 0.251 e. The van der Waals surface area contributed by atoms with Gasteiger partial charge in [-0.2, -0.15) is 0 Å². The summed E-state index contributed by atoms with van der Waals surface area (Å²) in [6.45, 7) is 9.19. The standard InChI is InChI=1S/C24H31N3O3/c1-19-2-4-20(5-3-19)23(27-12-16-30-17-13-27)18-25-24(28)21-6-8-22(9-7-21)26-10-14-29-15-11-26/h2-9,23H,10-18H2,1H3,(H,25,28)/t23-/m1/s1. The number of anilines is 1. The molecule has 2 aromatic rings. The highest BCUT2D eigenvalue weighted by atomic mass is 16.5. The van der Waals surface area contributed by atoms with Crippen molar-refractivity contribution in [3.05, 3.63) is 65.2 Å². The Kier molecular flexibility index (Phi) is 7.00. The van der Waals surface area contributed by atoms with Crippen LogP contribution in [0.1, 0.15) is 27.5 Å². The Morgan fingerprint density at radius 1 is 0.900 bits per heavy atom. The molecule has 30 heavy (non-hydrogen) atoms. The minimum Gasteiger partial charge on any atom is -0.379 e. The molecule has 160 valence electrons. The molecule has 2 aromatic carbocycles. The predicted octanol–water partition coefficient (Wildman–Crippen LogP) is 2.63. The molecule has 6 nitrogen and oxygen atoms in total. The molecule has 1 amide bonds. The van der Waals surface area contributed by atoms with E-state index >= 15 is 0 Å². The number of ether oxygens (including phenoxy) is 2. The number of benzene rings is 2. The zero-order valence-electron chi connectivity index (χ0n) is 17.7. The highest BCUT2D eigenvalue weighted by Crippen LogP contribution is 2.22. The van der Waals surface area contributed by atoms with E-state index < -0.39 is 0 Å². The SMILES string of the molecule is Cc1ccc([C@@H](CNC(=O)c2ccc(N3CCOCC3)cc2)N2CCOCC2)cc1. The molecule has 2 aliphatic heterocycles. The molecule has 2 fully saturated rings. The van der Waals surface area contributed by atoms with Crippen LogP contribution in [0.5, 0.6) is 0 Å². The van der Waals surface area contributed by atoms with Crippen LogP contribution >= 0.6 is 0 Å². The zero-order valence-corrected chi connectivity index (χ0v) is 17.7. The number of carbonyl (C=O) groups excluding carboxylic acids is 1. The van der Waals surface area contributed by atoms with Crippen molar-refractivity contribution in [2.45, 2.75) is 13.0 Å². The van der Waals surface area contributed by atoms with Crippen molar-refractivity contribution in [2.75, 3.05) is 64.1 Å². The molecular formula is C24H31N3O3. The summed E-state index contributed by atoms with van der Waals surface area (Å²) in [6.07, 6.45) is 0. The van der Waals surface area contributed by atoms with Gasteiger partial charge in [0.15, 0.2) is 0 Å². The van der Waals surface area contributed by atoms with Crippen molar-refractivity contribution in [2.24, 2.45) is 0 Å². The van der Waals surface area contributed by atoms with Gasteiger partial charge < -0.3 is 19.7 Å². The summed E-state index contributed by atoms with van der Waals surface area (Å²) in [4.78, 5) is 17.5. The second kappa shape index (κ2) is 10.1. The van der Waals surface area contributed by atoms with Gasteiger partial charge in [0.05, 0.1) is 32.5 Å². The molecule has 0 unspecified atom stereocenters. The number of carbonyl (C=O) groups is 1. The lowest BCUT2D eigenvalue weighted by atomic mass is 10.0. The van der Waals surface area contributed by atoms with E-state index in [0.29, 0.717) is 12.1 Å². The van der Waals surface area contributed by atoms with Crippen molar-refractivity contribution in [3.63, 3.8) is 0 Å². The summed E-state index contributed by atoms with van der Waals surface area (Å²) < 4.78 is 10.9. The van der Waals surface area contributed by atoms with Crippen molar-refractivity contribution in [3.8, 4) is 0 Å². The Hall–Kier alpha value is -2.41. The summed E-state index contributed by atoms with van der Waals surface area (Å²) in [7, 11) is 0. The highest BCUT2D eigenvalue weighted by Gasteiger charge is 2.23. The van der Waals surface area contributed by atoms with Gasteiger partial charge in [0.1, 0.15) is 0 Å². The third kappa shape index (κ3) is 5.19. The monoisotopic (exact) mass is 409 g/mol. The fourth-order valence-corrected chi connectivity index (χ4v) is 4.07. The van der Waals surface area contributed by atoms with Crippen LogP contribution < -0.4 is 10.2 Å². The Bertz CT molecular complexity index is 811. The van der Waals surface area contributed by atoms with Crippen molar-refractivity contribution < 1.29 is 14.3 Å². The normalized spacial score (nSPS) is 18.8. The molecule has 0 aliphatic carbocycles. The molecule has 6 heteroatoms. The van der Waals surface area contributed by atoms with Crippen LogP contribution in [-0.2, 0) is 9.47 Å². The quantitative estimate of drug-likeness (QED) is 0.795. The zero-order chi connectivity index (χ0) is 20.8. The molecule has 0 bridgehead atoms. The van der Waals surface area contributed by atoms with E-state index in [2.05, 4.69) is 46.3 Å². The van der Waals surface area contributed by atoms with Gasteiger partial charge in [-0.15, -0.1) is 0 Å². The highest BCUT2D eigenvalue weighted by molar-refractivity contribution is 5.94. The van der Waals surface area contributed by atoms with E-state index in [0.717, 1.165) is 58.3 Å². The molecule has 0 aromatic heterocycles. The first-order valence-corrected chi connectivity index (χ1v) is 10.8. The summed E-state index contributed by atoms with van der Waals surface area (Å²) in [6, 6.07) is 16.6. The minimum atomic E-state index is -0.0334. The third-order valence-corrected chi connectivity index (χ3v) is 5.91. The largest absolute Gasteiger partial charge is 0.379 e. The number of rotatable bonds is 6. The van der Waals surface area contributed by atoms with Gasteiger partial charge in [0, 0.05) is 44.0 Å². The lowest BCUT2D eigenvalue weighted by molar-refractivity contribution is 0.0162. The summed E-state index contributed by atoms with van der Waals surface area (Å²) in [5.74, 6) is -0.0334. The minimum absolute atomic E-state index is 0.0334. The Morgan fingerprint density at radius 2 is 1.50 bits per heavy atom. The van der Waals surface area contributed by atoms with Crippen LogP contribution in [0.4, 0.5) is 5.69 Å². The van der Waals surface area contributed by atoms with Crippen molar-refractivity contribution in [1.29, 1.82) is 0 Å². The van der Waals surface area contributed by atoms with Gasteiger partial charge in [0.25, 0.3) is 5.91 Å². The molecule has 0 saturated carbocycles. The number of amides is 1. The average molecular weight is 410 g/mol. The average Bonchev–Trinajstić information content (AvgIpc) is 2.81. The third-order valence-electron chi connectivity index (χ3n) is 5.91. The number of nitrogens with one attached hydrogen (secondary N) is 1. The topological polar surface area (TPSA) is 54.0 Å². The molecule has 2 heterocycles. The van der Waals surface area contributed by atoms with E-state index in [1.54, 1.807) is 0 Å². The Balaban J connectivity index is 1.40. The molecule has 0 spiro atoms. The second-order valence-corrected chi connectivity index (χ2v) is 7.93. The number of hydrogen-bond acceptors (Lipinski definition) is 5. The Labute approximate surface area is 178 Å². The van der Waals surface area contributed by atoms with Crippen LogP contribution in [0.2, 0.25) is 0 Å². The van der Waals surface area contributed by atoms with E-state index in [-0.39, 0.29) is 11.9 Å². The molecule has 1 atom stereocenters. The van der Waals surface area contributed by atoms with Gasteiger partial charge in [-0.25, -0.2) is 0 Å². The molecule has 2 saturated heterocycles. The first-order valence-electron chi connectivity index (χ1n) is 10.8. The van der Waals surface area contributed by atoms with Crippen LogP contribution in [-0.4, -0.2) is 70.0 Å². The molecular weight excluding hydrogens is 378 g/mol. The maximum atomic E-state index is 12.8. The Morgan fingerprint density at radius 3 is 2.13 bits per heavy atom. The van der Waals surface area contributed by atoms with E-state index in [1.165, 1.54) is 11.1 Å². The van der Waals surface area contributed by atoms with Crippen molar-refractivity contribution >= 4 is 11.6 Å². The molecule has 1 N–H and O–H groups in total. The molecule has 4 rings (SSSR count). The fourth-order valence-electron chi connectivity index (χ4n) is 4.07. The van der Waals surface area contributed by atoms with Gasteiger partial charge >= 0.3 is 0 Å². The van der Waals surface area contributed by atoms with Crippen LogP contribution in [0.15, 0.2) is 48.5 Å². The summed E-state index contributed by atoms with van der Waals surface area (Å²) in [5, 5.41) is 3.15. The van der Waals surface area contributed by atoms with E-state index in [4.69, 9.17) is 9.47 Å². The number of nitrogens with zero attached hydrogens (tertiary/aromatic N) is 2. The number of aryl methyl sites for hydroxylation is 1. The fraction of sp³-hybridized carbons (Fsp3) is 0.458. The van der Waals surface area contributed by atoms with Crippen LogP contribution in [0, 0.1) is 6.92 Å². The first-order chi connectivity index (χ1) is 14.7. The predicted molar refractivity (Wildman–Crippen MR) is 118 cm³/mol. The first kappa shape index (κ1) is 20.8. The lowest BCUT2D eigenvalue weighted by Crippen LogP contribution is -2.43. The van der Waals surface area contributed by atoms with Crippen LogP contribution in [0.25, 0.3) is 0 Å². The van der Waals surface area contributed by atoms with E-state index in [9.17, 15) is 4.79 Å². The van der Waals surface area contributed by atoms with E-state index in [1.807, 2.05) is 24.3 Å². The van der Waals surface area contributed by atoms with Gasteiger partial charge in [-0.05, 0) is 36.8 Å². The number of hydrogen-bond donors (Lipinski definition) is 1. The molecule has 2 aliphatic rings. The number of morpholine rings is 2. The van der Waals surface area contributed by atoms with Gasteiger partial charge in [0.2, 0.25) is 0 Å². The maximum absolute atomic E-state index is 12.8. The molecule has 0 radical (unpaired) electrons. The summed E-state index contributed by atoms with van der Waals surface area (Å²) in [5.41, 5.74) is 4.30. The smallest absolute Gasteiger partial charge is 0.251 e.